The molecule has 3 heteroatoms. The molecule has 6 aromatic carbocycles. The quantitative estimate of drug-likeness (QED) is 0.105. The molecule has 6 aromatic rings. The van der Waals surface area contributed by atoms with Crippen molar-refractivity contribution < 1.29 is 65.2 Å². The van der Waals surface area contributed by atoms with Gasteiger partial charge in [0, 0.05) is 65.2 Å². The van der Waals surface area contributed by atoms with Crippen molar-refractivity contribution in [1.29, 1.82) is 0 Å². The number of rotatable bonds is 0. The van der Waals surface area contributed by atoms with Crippen molar-refractivity contribution in [2.75, 3.05) is 0 Å². The second-order valence-corrected chi connectivity index (χ2v) is 10.7. The van der Waals surface area contributed by atoms with Crippen molar-refractivity contribution in [1.82, 2.24) is 0 Å². The van der Waals surface area contributed by atoms with Crippen LogP contribution in [-0.4, -0.2) is 0 Å². The van der Waals surface area contributed by atoms with Gasteiger partial charge >= 0.3 is 0 Å². The van der Waals surface area contributed by atoms with Gasteiger partial charge in [-0.25, -0.2) is 36.5 Å². The van der Waals surface area contributed by atoms with E-state index in [9.17, 15) is 0 Å². The van der Waals surface area contributed by atoms with Crippen LogP contribution in [0.3, 0.4) is 0 Å². The van der Waals surface area contributed by atoms with Gasteiger partial charge in [-0.2, -0.15) is 201 Å². The molecule has 0 saturated heterocycles. The molecule has 336 valence electrons. The van der Waals surface area contributed by atoms with E-state index >= 15 is 0 Å². The zero-order chi connectivity index (χ0) is 38.7. The topological polar surface area (TPSA) is 0 Å². The molecule has 63 heavy (non-hydrogen) atoms. The Kier molecular flexibility index (Phi) is 83.5. The molecule has 0 spiro atoms. The van der Waals surface area contributed by atoms with E-state index < -0.39 is 0 Å². The molecule has 0 amide bonds. The van der Waals surface area contributed by atoms with Crippen molar-refractivity contribution in [3.05, 3.63) is 355 Å². The molecule has 0 unspecified atom stereocenters. The van der Waals surface area contributed by atoms with Crippen molar-refractivity contribution in [2.24, 2.45) is 0 Å². The van der Waals surface area contributed by atoms with E-state index in [1.54, 1.807) is 0 Å². The molecule has 0 fully saturated rings. The number of benzene rings is 6. The summed E-state index contributed by atoms with van der Waals surface area (Å²) in [5.41, 5.74) is 3.22. The minimum atomic E-state index is 0. The molecule has 9 rings (SSSR count). The summed E-state index contributed by atoms with van der Waals surface area (Å²) in [7, 11) is 0. The van der Waals surface area contributed by atoms with Gasteiger partial charge in [-0.15, -0.1) is 55.7 Å². The van der Waals surface area contributed by atoms with E-state index in [1.807, 2.05) is 218 Å². The van der Waals surface area contributed by atoms with Crippen LogP contribution in [0.15, 0.2) is 237 Å². The summed E-state index contributed by atoms with van der Waals surface area (Å²) in [6.07, 6.45) is 30.0. The van der Waals surface area contributed by atoms with Gasteiger partial charge in [-0.1, -0.05) is 18.2 Å². The average molecular weight is 934 g/mol. The minimum absolute atomic E-state index is 0. The van der Waals surface area contributed by atoms with Crippen molar-refractivity contribution in [3.8, 4) is 0 Å². The van der Waals surface area contributed by atoms with Crippen LogP contribution in [0.5, 0.6) is 0 Å². The molecule has 0 N–H and O–H groups in total. The number of allylic oxidation sites excluding steroid dienone is 12. The van der Waals surface area contributed by atoms with Gasteiger partial charge in [0.15, 0.2) is 0 Å². The standard InChI is InChI=1S/3C7H7.3C6H5.3C5H5.6CH3.3Ti/c3*1-7-5-3-2-4-6-7;3*1-2-4-6-5-3-1;3*1-2-4-5-3-1;;;;;;;;;/h3*2-6H,1H2;3*1-5H;3*1-3H,4H2;6*1H3;;;/q15*-1;;;. The van der Waals surface area contributed by atoms with E-state index in [0.29, 0.717) is 0 Å². The van der Waals surface area contributed by atoms with E-state index in [4.69, 9.17) is 0 Å². The Hall–Kier alpha value is -4.49. The smallest absolute Gasteiger partial charge is 0 e. The Morgan fingerprint density at radius 1 is 0.286 bits per heavy atom. The predicted molar refractivity (Wildman–Crippen MR) is 272 cm³/mol. The van der Waals surface area contributed by atoms with Gasteiger partial charge in [0.2, 0.25) is 0 Å². The molecule has 0 heterocycles. The fourth-order valence-corrected chi connectivity index (χ4v) is 3.48. The Bertz CT molecular complexity index is 1440. The first-order chi connectivity index (χ1) is 26.7. The van der Waals surface area contributed by atoms with Gasteiger partial charge in [-0.05, 0) is 0 Å². The third-order valence-corrected chi connectivity index (χ3v) is 6.11. The van der Waals surface area contributed by atoms with Crippen molar-refractivity contribution in [3.63, 3.8) is 0 Å². The Morgan fingerprint density at radius 2 is 0.476 bits per heavy atom. The van der Waals surface area contributed by atoms with Crippen LogP contribution in [0.1, 0.15) is 36.0 Å². The normalized spacial score (nSPS) is 9.33. The van der Waals surface area contributed by atoms with Crippen LogP contribution in [-0.2, 0) is 65.2 Å². The van der Waals surface area contributed by atoms with Crippen LogP contribution >= 0.6 is 0 Å². The van der Waals surface area contributed by atoms with Crippen LogP contribution < -0.4 is 0 Å². The van der Waals surface area contributed by atoms with Crippen LogP contribution in [0.4, 0.5) is 0 Å². The molecule has 0 aromatic heterocycles. The minimum Gasteiger partial charge on any atom is -0.358 e. The third kappa shape index (κ3) is 64.3. The van der Waals surface area contributed by atoms with Gasteiger partial charge in [0.25, 0.3) is 0 Å². The zero-order valence-electron chi connectivity index (χ0n) is 38.8. The summed E-state index contributed by atoms with van der Waals surface area (Å²) >= 11 is 0. The average Bonchev–Trinajstić information content (AvgIpc) is 4.11. The summed E-state index contributed by atoms with van der Waals surface area (Å²) < 4.78 is 0. The predicted octanol–water partition coefficient (Wildman–Crippen LogP) is 16.7. The second-order valence-electron chi connectivity index (χ2n) is 10.7. The second kappa shape index (κ2) is 66.6. The first-order valence-corrected chi connectivity index (χ1v) is 17.7. The van der Waals surface area contributed by atoms with Gasteiger partial charge in [0.05, 0.1) is 0 Å². The van der Waals surface area contributed by atoms with Crippen LogP contribution in [0.25, 0.3) is 0 Å². The van der Waals surface area contributed by atoms with Crippen LogP contribution in [0.2, 0.25) is 0 Å². The SMILES string of the molecule is [C-]1=CC=CC1.[C-]1=CC=CC1.[C-]1=CC=CC1.[CH2-]c1ccccc1.[CH2-]c1ccccc1.[CH2-]c1ccccc1.[CH3-].[CH3-].[CH3-].[CH3-].[CH3-].[CH3-].[Ti].[Ti].[Ti].[c-]1ccccc1.[c-]1ccccc1.[c-]1ccccc1. The zero-order valence-corrected chi connectivity index (χ0v) is 43.4. The van der Waals surface area contributed by atoms with Crippen molar-refractivity contribution >= 4 is 0 Å². The largest absolute Gasteiger partial charge is 0.358 e. The molecular formula is C60H69Ti3-15. The summed E-state index contributed by atoms with van der Waals surface area (Å²) in [5, 5.41) is 0. The van der Waals surface area contributed by atoms with Gasteiger partial charge in [-0.3, -0.25) is 18.2 Å². The molecule has 3 aliphatic rings. The summed E-state index contributed by atoms with van der Waals surface area (Å²) in [6, 6.07) is 67.1. The third-order valence-electron chi connectivity index (χ3n) is 6.11. The summed E-state index contributed by atoms with van der Waals surface area (Å²) in [5.74, 6) is 0. The van der Waals surface area contributed by atoms with Gasteiger partial charge < -0.3 is 44.6 Å². The maximum atomic E-state index is 3.72. The van der Waals surface area contributed by atoms with Crippen molar-refractivity contribution in [2.45, 2.75) is 19.3 Å². The maximum Gasteiger partial charge on any atom is 0 e. The fourth-order valence-electron chi connectivity index (χ4n) is 3.48. The Morgan fingerprint density at radius 3 is 0.540 bits per heavy atom. The van der Waals surface area contributed by atoms with E-state index in [0.717, 1.165) is 36.0 Å². The molecule has 0 atom stereocenters. The van der Waals surface area contributed by atoms with Gasteiger partial charge in [0.1, 0.15) is 0 Å². The summed E-state index contributed by atoms with van der Waals surface area (Å²) in [6.45, 7) is 11.2. The Balaban J connectivity index is -0.0000000732. The fraction of sp³-hybridized carbons (Fsp3) is 0.0500. The molecular weight excluding hydrogens is 864 g/mol. The molecule has 0 bridgehead atoms. The van der Waals surface area contributed by atoms with E-state index in [1.165, 1.54) is 0 Å². The molecule has 0 aliphatic heterocycles. The summed E-state index contributed by atoms with van der Waals surface area (Å²) in [4.78, 5) is 0. The Labute approximate surface area is 435 Å². The maximum absolute atomic E-state index is 3.72. The number of hydrogen-bond donors (Lipinski definition) is 0. The van der Waals surface area contributed by atoms with Crippen LogP contribution in [0, 0.1) is 102 Å². The number of hydrogen-bond acceptors (Lipinski definition) is 0. The molecule has 0 nitrogen and oxygen atoms in total. The first kappa shape index (κ1) is 78.9. The van der Waals surface area contributed by atoms with E-state index in [2.05, 4.69) is 75.4 Å². The molecule has 0 saturated carbocycles. The van der Waals surface area contributed by atoms with E-state index in [-0.39, 0.29) is 110 Å². The molecule has 3 aliphatic carbocycles. The monoisotopic (exact) mass is 933 g/mol. The first-order valence-electron chi connectivity index (χ1n) is 17.7. The molecule has 0 radical (unpaired) electrons.